The van der Waals surface area contributed by atoms with Crippen molar-refractivity contribution in [2.45, 2.75) is 0 Å². The third kappa shape index (κ3) is 5.47. The van der Waals surface area contributed by atoms with Gasteiger partial charge in [-0.15, -0.1) is 0 Å². The van der Waals surface area contributed by atoms with Gasteiger partial charge in [-0.2, -0.15) is 0 Å². The molecule has 0 aliphatic carbocycles. The summed E-state index contributed by atoms with van der Waals surface area (Å²) in [5.74, 6) is 0.123. The van der Waals surface area contributed by atoms with E-state index in [0.29, 0.717) is 42.6 Å². The Morgan fingerprint density at radius 1 is 1.15 bits per heavy atom. The summed E-state index contributed by atoms with van der Waals surface area (Å²) in [5, 5.41) is 11.5. The van der Waals surface area contributed by atoms with E-state index in [1.165, 1.54) is 12.1 Å². The summed E-state index contributed by atoms with van der Waals surface area (Å²) in [5.41, 5.74) is 1.17. The van der Waals surface area contributed by atoms with Crippen molar-refractivity contribution in [1.29, 1.82) is 0 Å². The highest BCUT2D eigenvalue weighted by Gasteiger charge is 2.35. The Kier molecular flexibility index (Phi) is 7.17. The molecule has 2 aromatic carbocycles. The van der Waals surface area contributed by atoms with Gasteiger partial charge in [-0.3, -0.25) is 24.6 Å². The van der Waals surface area contributed by atoms with Crippen LogP contribution in [-0.2, 0) is 9.53 Å². The van der Waals surface area contributed by atoms with Gasteiger partial charge in [-0.1, -0.05) is 11.6 Å². The number of hydrogen-bond donors (Lipinski definition) is 0. The highest BCUT2D eigenvalue weighted by Crippen LogP contribution is 2.35. The van der Waals surface area contributed by atoms with E-state index < -0.39 is 16.1 Å². The summed E-state index contributed by atoms with van der Waals surface area (Å²) in [6.45, 7) is 2.55. The number of benzene rings is 2. The van der Waals surface area contributed by atoms with Crippen LogP contribution in [-0.4, -0.2) is 60.4 Å². The molecule has 2 amide bonds. The van der Waals surface area contributed by atoms with Gasteiger partial charge in [0.25, 0.3) is 16.8 Å². The number of nitro groups is 1. The predicted molar refractivity (Wildman–Crippen MR) is 126 cm³/mol. The Labute approximate surface area is 199 Å². The van der Waals surface area contributed by atoms with Crippen LogP contribution in [0.3, 0.4) is 0 Å². The summed E-state index contributed by atoms with van der Waals surface area (Å²) < 4.78 is 11.0. The lowest BCUT2D eigenvalue weighted by Gasteiger charge is -2.30. The van der Waals surface area contributed by atoms with Crippen LogP contribution in [0, 0.1) is 10.1 Å². The van der Waals surface area contributed by atoms with Gasteiger partial charge in [0.15, 0.2) is 0 Å². The molecule has 0 saturated carbocycles. The minimum atomic E-state index is -0.486. The highest BCUT2D eigenvalue weighted by molar-refractivity contribution is 8.18. The number of imide groups is 1. The van der Waals surface area contributed by atoms with E-state index in [-0.39, 0.29) is 23.7 Å². The zero-order valence-corrected chi connectivity index (χ0v) is 19.0. The Hall–Kier alpha value is -3.08. The second kappa shape index (κ2) is 10.2. The molecule has 0 spiro atoms. The molecule has 11 heteroatoms. The van der Waals surface area contributed by atoms with E-state index in [4.69, 9.17) is 21.1 Å². The summed E-state index contributed by atoms with van der Waals surface area (Å²) in [6, 6.07) is 11.3. The van der Waals surface area contributed by atoms with Crippen molar-refractivity contribution in [3.05, 3.63) is 68.1 Å². The monoisotopic (exact) mass is 489 g/mol. The molecular formula is C22H20ClN3O6S. The smallest absolute Gasteiger partial charge is 0.293 e. The first-order valence-corrected chi connectivity index (χ1v) is 11.4. The fraction of sp³-hybridized carbons (Fsp3) is 0.273. The topological polar surface area (TPSA) is 102 Å². The zero-order valence-electron chi connectivity index (χ0n) is 17.4. The van der Waals surface area contributed by atoms with E-state index in [0.717, 1.165) is 22.3 Å². The highest BCUT2D eigenvalue weighted by atomic mass is 35.5. The number of non-ortho nitro benzene ring substituents is 1. The van der Waals surface area contributed by atoms with Crippen LogP contribution in [0.5, 0.6) is 5.75 Å². The van der Waals surface area contributed by atoms with Crippen LogP contribution < -0.4 is 9.64 Å². The Balaban J connectivity index is 1.51. The summed E-state index contributed by atoms with van der Waals surface area (Å²) in [7, 11) is 0. The lowest BCUT2D eigenvalue weighted by molar-refractivity contribution is -0.384. The van der Waals surface area contributed by atoms with Crippen LogP contribution >= 0.6 is 23.4 Å². The number of carbonyl (C=O) groups is 2. The maximum Gasteiger partial charge on any atom is 0.293 e. The van der Waals surface area contributed by atoms with Gasteiger partial charge < -0.3 is 14.4 Å². The van der Waals surface area contributed by atoms with E-state index in [1.54, 1.807) is 36.4 Å². The summed E-state index contributed by atoms with van der Waals surface area (Å²) >= 11 is 6.66. The molecule has 2 aromatic rings. The molecule has 0 unspecified atom stereocenters. The molecule has 0 aromatic heterocycles. The van der Waals surface area contributed by atoms with Crippen LogP contribution in [0.1, 0.15) is 5.56 Å². The number of halogens is 1. The number of thioether (sulfide) groups is 1. The number of anilines is 1. The molecule has 2 fully saturated rings. The van der Waals surface area contributed by atoms with Crippen molar-refractivity contribution in [1.82, 2.24) is 4.90 Å². The number of hydrogen-bond acceptors (Lipinski definition) is 8. The maximum atomic E-state index is 12.9. The lowest BCUT2D eigenvalue weighted by atomic mass is 10.1. The predicted octanol–water partition coefficient (Wildman–Crippen LogP) is 4.20. The van der Waals surface area contributed by atoms with Gasteiger partial charge >= 0.3 is 0 Å². The molecule has 0 N–H and O–H groups in total. The standard InChI is InChI=1S/C22H20ClN3O6S/c23-16-1-4-18(5-2-16)32-12-9-25-21(27)20(33-22(25)28)14-15-13-17(26(29)30)3-6-19(15)24-7-10-31-11-8-24/h1-6,13-14H,7-12H2/b20-14-. The van der Waals surface area contributed by atoms with Gasteiger partial charge in [0.1, 0.15) is 12.4 Å². The van der Waals surface area contributed by atoms with Crippen molar-refractivity contribution < 1.29 is 24.0 Å². The van der Waals surface area contributed by atoms with Gasteiger partial charge in [0.2, 0.25) is 0 Å². The lowest BCUT2D eigenvalue weighted by Crippen LogP contribution is -2.36. The Bertz CT molecular complexity index is 1100. The van der Waals surface area contributed by atoms with E-state index in [2.05, 4.69) is 0 Å². The van der Waals surface area contributed by atoms with E-state index in [1.807, 2.05) is 4.90 Å². The van der Waals surface area contributed by atoms with Crippen LogP contribution in [0.15, 0.2) is 47.4 Å². The van der Waals surface area contributed by atoms with Gasteiger partial charge in [0.05, 0.1) is 29.6 Å². The molecule has 0 bridgehead atoms. The first-order chi connectivity index (χ1) is 15.9. The number of nitro benzene ring substituents is 1. The van der Waals surface area contributed by atoms with E-state index in [9.17, 15) is 19.7 Å². The molecule has 4 rings (SSSR count). The quantitative estimate of drug-likeness (QED) is 0.324. The third-order valence-electron chi connectivity index (χ3n) is 5.13. The van der Waals surface area contributed by atoms with Crippen molar-refractivity contribution in [2.24, 2.45) is 0 Å². The number of ether oxygens (including phenoxy) is 2. The minimum Gasteiger partial charge on any atom is -0.492 e. The number of nitrogens with zero attached hydrogens (tertiary/aromatic N) is 3. The summed E-state index contributed by atoms with van der Waals surface area (Å²) in [6.07, 6.45) is 1.54. The normalized spacial score (nSPS) is 17.7. The number of carbonyl (C=O) groups excluding carboxylic acids is 2. The zero-order chi connectivity index (χ0) is 23.4. The van der Waals surface area contributed by atoms with Gasteiger partial charge in [-0.05, 0) is 48.2 Å². The SMILES string of the molecule is O=C1S/C(=C\c2cc([N+](=O)[O-])ccc2N2CCOCC2)C(=O)N1CCOc1ccc(Cl)cc1. The second-order valence-corrected chi connectivity index (χ2v) is 8.67. The number of rotatable bonds is 7. The van der Waals surface area contributed by atoms with Crippen LogP contribution in [0.2, 0.25) is 5.02 Å². The molecule has 172 valence electrons. The first kappa shape index (κ1) is 23.1. The minimum absolute atomic E-state index is 0.0793. The molecule has 33 heavy (non-hydrogen) atoms. The molecule has 9 nitrogen and oxygen atoms in total. The van der Waals surface area contributed by atoms with Crippen molar-refractivity contribution >= 4 is 52.0 Å². The Morgan fingerprint density at radius 3 is 2.58 bits per heavy atom. The van der Waals surface area contributed by atoms with Crippen LogP contribution in [0.25, 0.3) is 6.08 Å². The largest absolute Gasteiger partial charge is 0.492 e. The molecular weight excluding hydrogens is 470 g/mol. The average molecular weight is 490 g/mol. The fourth-order valence-electron chi connectivity index (χ4n) is 3.48. The molecule has 0 radical (unpaired) electrons. The van der Waals surface area contributed by atoms with Gasteiger partial charge in [-0.25, -0.2) is 0 Å². The fourth-order valence-corrected chi connectivity index (χ4v) is 4.46. The van der Waals surface area contributed by atoms with Crippen molar-refractivity contribution in [3.8, 4) is 5.75 Å². The van der Waals surface area contributed by atoms with E-state index >= 15 is 0 Å². The maximum absolute atomic E-state index is 12.9. The number of morpholine rings is 1. The van der Waals surface area contributed by atoms with Crippen molar-refractivity contribution in [2.75, 3.05) is 44.4 Å². The van der Waals surface area contributed by atoms with Gasteiger partial charge in [0, 0.05) is 41.5 Å². The second-order valence-electron chi connectivity index (χ2n) is 7.24. The molecule has 2 aliphatic rings. The number of amides is 2. The average Bonchev–Trinajstić information content (AvgIpc) is 3.08. The molecule has 2 heterocycles. The van der Waals surface area contributed by atoms with Crippen LogP contribution in [0.4, 0.5) is 16.2 Å². The Morgan fingerprint density at radius 2 is 1.88 bits per heavy atom. The molecule has 2 aliphatic heterocycles. The molecule has 2 saturated heterocycles. The molecule has 0 atom stereocenters. The van der Waals surface area contributed by atoms with Crippen molar-refractivity contribution in [3.63, 3.8) is 0 Å². The first-order valence-electron chi connectivity index (χ1n) is 10.2. The third-order valence-corrected chi connectivity index (χ3v) is 6.29. The summed E-state index contributed by atoms with van der Waals surface area (Å²) in [4.78, 5) is 39.5.